The first-order chi connectivity index (χ1) is 6.40. The number of nitrogens with two attached hydrogens (primary N) is 1. The maximum absolute atomic E-state index is 11.3. The normalized spacial score (nSPS) is 35.9. The van der Waals surface area contributed by atoms with Gasteiger partial charge >= 0.3 is 0 Å². The lowest BCUT2D eigenvalue weighted by molar-refractivity contribution is -0.121. The predicted molar refractivity (Wildman–Crippen MR) is 58.0 cm³/mol. The van der Waals surface area contributed by atoms with Crippen LogP contribution in [0.25, 0.3) is 0 Å². The molecule has 1 heterocycles. The SMILES string of the molecule is CC(=O)C(C)N1CC(C)C(C)(CN)C1. The second-order valence-corrected chi connectivity index (χ2v) is 4.98. The van der Waals surface area contributed by atoms with E-state index in [4.69, 9.17) is 5.73 Å². The van der Waals surface area contributed by atoms with Crippen LogP contribution in [-0.2, 0) is 4.79 Å². The predicted octanol–water partition coefficient (Wildman–Crippen LogP) is 0.881. The minimum atomic E-state index is 0.0471. The van der Waals surface area contributed by atoms with E-state index in [1.54, 1.807) is 6.92 Å². The maximum Gasteiger partial charge on any atom is 0.146 e. The Bertz CT molecular complexity index is 229. The molecule has 3 nitrogen and oxygen atoms in total. The van der Waals surface area contributed by atoms with Crippen LogP contribution in [0.1, 0.15) is 27.7 Å². The van der Waals surface area contributed by atoms with Gasteiger partial charge in [-0.15, -0.1) is 0 Å². The highest BCUT2D eigenvalue weighted by Crippen LogP contribution is 2.35. The second kappa shape index (κ2) is 3.99. The van der Waals surface area contributed by atoms with Gasteiger partial charge in [0.2, 0.25) is 0 Å². The lowest BCUT2D eigenvalue weighted by Gasteiger charge is -2.27. The summed E-state index contributed by atoms with van der Waals surface area (Å²) in [6.07, 6.45) is 0. The number of nitrogens with zero attached hydrogens (tertiary/aromatic N) is 1. The fourth-order valence-corrected chi connectivity index (χ4v) is 2.07. The van der Waals surface area contributed by atoms with E-state index in [9.17, 15) is 4.79 Å². The fraction of sp³-hybridized carbons (Fsp3) is 0.909. The third-order valence-electron chi connectivity index (χ3n) is 3.86. The van der Waals surface area contributed by atoms with Crippen LogP contribution < -0.4 is 5.73 Å². The van der Waals surface area contributed by atoms with E-state index < -0.39 is 0 Å². The van der Waals surface area contributed by atoms with E-state index in [2.05, 4.69) is 18.7 Å². The first-order valence-electron chi connectivity index (χ1n) is 5.35. The van der Waals surface area contributed by atoms with Crippen molar-refractivity contribution < 1.29 is 4.79 Å². The molecule has 0 amide bonds. The minimum absolute atomic E-state index is 0.0471. The average molecular weight is 198 g/mol. The second-order valence-electron chi connectivity index (χ2n) is 4.98. The molecule has 1 fully saturated rings. The Morgan fingerprint density at radius 2 is 2.29 bits per heavy atom. The van der Waals surface area contributed by atoms with E-state index in [1.165, 1.54) is 0 Å². The van der Waals surface area contributed by atoms with Gasteiger partial charge in [0.05, 0.1) is 6.04 Å². The van der Waals surface area contributed by atoms with Crippen LogP contribution in [0.5, 0.6) is 0 Å². The van der Waals surface area contributed by atoms with Crippen molar-refractivity contribution in [3.8, 4) is 0 Å². The molecule has 3 heteroatoms. The first kappa shape index (κ1) is 11.7. The zero-order chi connectivity index (χ0) is 10.9. The molecular weight excluding hydrogens is 176 g/mol. The molecule has 0 aliphatic carbocycles. The minimum Gasteiger partial charge on any atom is -0.330 e. The van der Waals surface area contributed by atoms with Gasteiger partial charge in [-0.3, -0.25) is 9.69 Å². The Balaban J connectivity index is 2.67. The lowest BCUT2D eigenvalue weighted by atomic mass is 9.81. The van der Waals surface area contributed by atoms with Gasteiger partial charge in [0, 0.05) is 13.1 Å². The molecular formula is C11H22N2O. The summed E-state index contributed by atoms with van der Waals surface area (Å²) in [7, 11) is 0. The van der Waals surface area contributed by atoms with Crippen LogP contribution in [0.2, 0.25) is 0 Å². The fourth-order valence-electron chi connectivity index (χ4n) is 2.07. The van der Waals surface area contributed by atoms with Gasteiger partial charge in [0.25, 0.3) is 0 Å². The Labute approximate surface area is 86.6 Å². The molecule has 2 N–H and O–H groups in total. The van der Waals surface area contributed by atoms with Gasteiger partial charge in [-0.2, -0.15) is 0 Å². The van der Waals surface area contributed by atoms with Crippen molar-refractivity contribution in [2.75, 3.05) is 19.6 Å². The summed E-state index contributed by atoms with van der Waals surface area (Å²) in [5, 5.41) is 0. The van der Waals surface area contributed by atoms with Crippen molar-refractivity contribution in [1.29, 1.82) is 0 Å². The molecule has 0 bridgehead atoms. The van der Waals surface area contributed by atoms with E-state index in [1.807, 2.05) is 6.92 Å². The van der Waals surface area contributed by atoms with Gasteiger partial charge in [-0.25, -0.2) is 0 Å². The standard InChI is InChI=1S/C11H22N2O/c1-8-5-13(9(2)10(3)14)7-11(8,4)6-12/h8-9H,5-7,12H2,1-4H3. The van der Waals surface area contributed by atoms with Crippen LogP contribution in [0.4, 0.5) is 0 Å². The largest absolute Gasteiger partial charge is 0.330 e. The van der Waals surface area contributed by atoms with Crippen LogP contribution >= 0.6 is 0 Å². The van der Waals surface area contributed by atoms with Gasteiger partial charge in [0.15, 0.2) is 0 Å². The summed E-state index contributed by atoms with van der Waals surface area (Å²) in [5.41, 5.74) is 5.97. The molecule has 3 unspecified atom stereocenters. The van der Waals surface area contributed by atoms with E-state index in [-0.39, 0.29) is 17.2 Å². The Kier molecular flexibility index (Phi) is 3.32. The van der Waals surface area contributed by atoms with Crippen molar-refractivity contribution in [2.45, 2.75) is 33.7 Å². The molecule has 0 spiro atoms. The molecule has 82 valence electrons. The summed E-state index contributed by atoms with van der Waals surface area (Å²) in [6.45, 7) is 10.7. The quantitative estimate of drug-likeness (QED) is 0.732. The smallest absolute Gasteiger partial charge is 0.146 e. The zero-order valence-corrected chi connectivity index (χ0v) is 9.71. The summed E-state index contributed by atoms with van der Waals surface area (Å²) < 4.78 is 0. The number of ketones is 1. The van der Waals surface area contributed by atoms with Gasteiger partial charge < -0.3 is 5.73 Å². The molecule has 3 atom stereocenters. The zero-order valence-electron chi connectivity index (χ0n) is 9.71. The number of hydrogen-bond acceptors (Lipinski definition) is 3. The van der Waals surface area contributed by atoms with Gasteiger partial charge in [-0.1, -0.05) is 13.8 Å². The molecule has 14 heavy (non-hydrogen) atoms. The number of hydrogen-bond donors (Lipinski definition) is 1. The summed E-state index contributed by atoms with van der Waals surface area (Å²) >= 11 is 0. The molecule has 0 aromatic rings. The lowest BCUT2D eigenvalue weighted by Crippen LogP contribution is -2.39. The third-order valence-corrected chi connectivity index (χ3v) is 3.86. The van der Waals surface area contributed by atoms with E-state index in [0.29, 0.717) is 12.5 Å². The van der Waals surface area contributed by atoms with Crippen molar-refractivity contribution in [3.63, 3.8) is 0 Å². The molecule has 1 saturated heterocycles. The number of carbonyl (C=O) groups excluding carboxylic acids is 1. The van der Waals surface area contributed by atoms with Crippen LogP contribution in [0, 0.1) is 11.3 Å². The topological polar surface area (TPSA) is 46.3 Å². The molecule has 1 aliphatic rings. The number of Topliss-reactive ketones (excluding diaryl/α,β-unsaturated/α-hetero) is 1. The van der Waals surface area contributed by atoms with E-state index in [0.717, 1.165) is 13.1 Å². The van der Waals surface area contributed by atoms with Gasteiger partial charge in [-0.05, 0) is 31.7 Å². The first-order valence-corrected chi connectivity index (χ1v) is 5.35. The summed E-state index contributed by atoms with van der Waals surface area (Å²) in [4.78, 5) is 13.5. The molecule has 0 aromatic carbocycles. The summed E-state index contributed by atoms with van der Waals surface area (Å²) in [6, 6.07) is 0.0471. The monoisotopic (exact) mass is 198 g/mol. The Hall–Kier alpha value is -0.410. The molecule has 1 aliphatic heterocycles. The van der Waals surface area contributed by atoms with Crippen molar-refractivity contribution >= 4 is 5.78 Å². The van der Waals surface area contributed by atoms with Crippen LogP contribution in [-0.4, -0.2) is 36.4 Å². The maximum atomic E-state index is 11.3. The molecule has 1 rings (SSSR count). The molecule has 0 radical (unpaired) electrons. The number of carbonyl (C=O) groups is 1. The Morgan fingerprint density at radius 1 is 1.71 bits per heavy atom. The summed E-state index contributed by atoms with van der Waals surface area (Å²) in [5.74, 6) is 0.827. The molecule has 0 aromatic heterocycles. The highest BCUT2D eigenvalue weighted by molar-refractivity contribution is 5.81. The van der Waals surface area contributed by atoms with Crippen molar-refractivity contribution in [1.82, 2.24) is 4.90 Å². The van der Waals surface area contributed by atoms with E-state index >= 15 is 0 Å². The van der Waals surface area contributed by atoms with Crippen molar-refractivity contribution in [3.05, 3.63) is 0 Å². The highest BCUT2D eigenvalue weighted by Gasteiger charge is 2.41. The number of likely N-dealkylation sites (tertiary alicyclic amines) is 1. The van der Waals surface area contributed by atoms with Gasteiger partial charge in [0.1, 0.15) is 5.78 Å². The van der Waals surface area contributed by atoms with Crippen molar-refractivity contribution in [2.24, 2.45) is 17.1 Å². The highest BCUT2D eigenvalue weighted by atomic mass is 16.1. The Morgan fingerprint density at radius 3 is 2.64 bits per heavy atom. The average Bonchev–Trinajstić information content (AvgIpc) is 2.43. The number of rotatable bonds is 3. The molecule has 0 saturated carbocycles. The van der Waals surface area contributed by atoms with Crippen LogP contribution in [0.3, 0.4) is 0 Å². The van der Waals surface area contributed by atoms with Crippen LogP contribution in [0.15, 0.2) is 0 Å². The third kappa shape index (κ3) is 1.98.